The lowest BCUT2D eigenvalue weighted by Crippen LogP contribution is -2.31. The number of aliphatic hydroxyl groups excluding tert-OH is 1. The lowest BCUT2D eigenvalue weighted by molar-refractivity contribution is 0.205. The normalized spacial score (nSPS) is 33.2. The van der Waals surface area contributed by atoms with Crippen molar-refractivity contribution in [3.05, 3.63) is 0 Å². The first-order chi connectivity index (χ1) is 6.33. The number of fused-ring (bicyclic) bond motifs is 1. The third kappa shape index (κ3) is 2.00. The number of hydrogen-bond acceptors (Lipinski definition) is 4. The summed E-state index contributed by atoms with van der Waals surface area (Å²) in [6, 6.07) is 0. The summed E-state index contributed by atoms with van der Waals surface area (Å²) in [6.45, 7) is 3.11. The minimum absolute atomic E-state index is 0.000324. The summed E-state index contributed by atoms with van der Waals surface area (Å²) in [4.78, 5) is 6.98. The van der Waals surface area contributed by atoms with Crippen molar-refractivity contribution in [2.45, 2.75) is 6.42 Å². The van der Waals surface area contributed by atoms with E-state index in [1.54, 1.807) is 0 Å². The Balaban J connectivity index is 1.79. The molecule has 1 heterocycles. The molecule has 1 aliphatic heterocycles. The first kappa shape index (κ1) is 8.97. The number of nitrogens with zero attached hydrogens (tertiary/aromatic N) is 2. The molecule has 1 aliphatic carbocycles. The van der Waals surface area contributed by atoms with E-state index in [0.29, 0.717) is 0 Å². The van der Waals surface area contributed by atoms with Gasteiger partial charge in [0.15, 0.2) is 0 Å². The van der Waals surface area contributed by atoms with Gasteiger partial charge in [0.05, 0.1) is 12.3 Å². The Labute approximate surface area is 78.2 Å². The van der Waals surface area contributed by atoms with Crippen molar-refractivity contribution < 1.29 is 9.94 Å². The highest BCUT2D eigenvalue weighted by Crippen LogP contribution is 2.44. The third-order valence-corrected chi connectivity index (χ3v) is 2.86. The summed E-state index contributed by atoms with van der Waals surface area (Å²) in [7, 11) is 1.51. The van der Waals surface area contributed by atoms with Gasteiger partial charge in [0.2, 0.25) is 0 Å². The maximum Gasteiger partial charge on any atom is 0.106 e. The maximum atomic E-state index is 8.96. The molecule has 0 amide bonds. The predicted octanol–water partition coefficient (Wildman–Crippen LogP) is -0.0672. The van der Waals surface area contributed by atoms with Crippen LogP contribution in [0.15, 0.2) is 5.16 Å². The zero-order chi connectivity index (χ0) is 9.26. The minimum Gasteiger partial charge on any atom is -0.399 e. The van der Waals surface area contributed by atoms with E-state index in [1.165, 1.54) is 26.6 Å². The van der Waals surface area contributed by atoms with Crippen molar-refractivity contribution in [2.24, 2.45) is 17.0 Å². The minimum atomic E-state index is -0.000324. The largest absolute Gasteiger partial charge is 0.399 e. The molecule has 13 heavy (non-hydrogen) atoms. The Morgan fingerprint density at radius 2 is 2.23 bits per heavy atom. The second-order valence-corrected chi connectivity index (χ2v) is 3.95. The van der Waals surface area contributed by atoms with Crippen molar-refractivity contribution >= 4 is 5.71 Å². The fraction of sp³-hybridized carbons (Fsp3) is 0.889. The lowest BCUT2D eigenvalue weighted by Gasteiger charge is -2.16. The Hall–Kier alpha value is -0.610. The van der Waals surface area contributed by atoms with Gasteiger partial charge in [-0.05, 0) is 18.3 Å². The smallest absolute Gasteiger partial charge is 0.106 e. The van der Waals surface area contributed by atoms with Crippen LogP contribution in [0.4, 0.5) is 0 Å². The summed E-state index contributed by atoms with van der Waals surface area (Å²) >= 11 is 0. The van der Waals surface area contributed by atoms with Crippen molar-refractivity contribution in [1.82, 2.24) is 4.90 Å². The van der Waals surface area contributed by atoms with E-state index in [0.717, 1.165) is 24.1 Å². The van der Waals surface area contributed by atoms with Crippen LogP contribution in [0.1, 0.15) is 6.42 Å². The first-order valence-electron chi connectivity index (χ1n) is 4.75. The Morgan fingerprint density at radius 3 is 2.77 bits per heavy atom. The SMILES string of the molecule is CO/N=C(/CO)CN1CC2CC2C1. The fourth-order valence-corrected chi connectivity index (χ4v) is 2.12. The molecule has 1 N–H and O–H groups in total. The molecule has 4 nitrogen and oxygen atoms in total. The van der Waals surface area contributed by atoms with Gasteiger partial charge >= 0.3 is 0 Å². The highest BCUT2D eigenvalue weighted by molar-refractivity contribution is 5.86. The topological polar surface area (TPSA) is 45.1 Å². The average Bonchev–Trinajstić information content (AvgIpc) is 2.74. The van der Waals surface area contributed by atoms with Crippen LogP contribution in [0.3, 0.4) is 0 Å². The van der Waals surface area contributed by atoms with Crippen LogP contribution in [0.25, 0.3) is 0 Å². The molecule has 0 spiro atoms. The number of piperidine rings is 1. The molecule has 1 saturated carbocycles. The number of aliphatic hydroxyl groups is 1. The third-order valence-electron chi connectivity index (χ3n) is 2.86. The molecule has 0 aromatic carbocycles. The average molecular weight is 184 g/mol. The number of likely N-dealkylation sites (tertiary alicyclic amines) is 1. The van der Waals surface area contributed by atoms with E-state index in [9.17, 15) is 0 Å². The summed E-state index contributed by atoms with van der Waals surface area (Å²) in [6.07, 6.45) is 1.41. The van der Waals surface area contributed by atoms with Gasteiger partial charge in [0.25, 0.3) is 0 Å². The highest BCUT2D eigenvalue weighted by atomic mass is 16.6. The van der Waals surface area contributed by atoms with Crippen LogP contribution >= 0.6 is 0 Å². The van der Waals surface area contributed by atoms with Gasteiger partial charge in [-0.2, -0.15) is 0 Å². The quantitative estimate of drug-likeness (QED) is 0.491. The zero-order valence-corrected chi connectivity index (χ0v) is 7.94. The Bertz CT molecular complexity index is 208. The van der Waals surface area contributed by atoms with Gasteiger partial charge in [0, 0.05) is 19.6 Å². The number of oxime groups is 1. The van der Waals surface area contributed by atoms with Gasteiger partial charge in [-0.3, -0.25) is 4.90 Å². The van der Waals surface area contributed by atoms with Crippen LogP contribution in [0.5, 0.6) is 0 Å². The van der Waals surface area contributed by atoms with Crippen LogP contribution in [0, 0.1) is 11.8 Å². The molecule has 74 valence electrons. The fourth-order valence-electron chi connectivity index (χ4n) is 2.12. The standard InChI is InChI=1S/C9H16N2O2/c1-13-10-9(6-12)5-11-3-7-2-8(7)4-11/h7-8,12H,2-6H2,1H3/b10-9+. The van der Waals surface area contributed by atoms with Crippen molar-refractivity contribution in [2.75, 3.05) is 33.4 Å². The van der Waals surface area contributed by atoms with E-state index < -0.39 is 0 Å². The highest BCUT2D eigenvalue weighted by Gasteiger charge is 2.44. The summed E-state index contributed by atoms with van der Waals surface area (Å²) in [5.41, 5.74) is 0.726. The molecule has 1 saturated heterocycles. The van der Waals surface area contributed by atoms with Crippen molar-refractivity contribution in [1.29, 1.82) is 0 Å². The van der Waals surface area contributed by atoms with Gasteiger partial charge in [-0.15, -0.1) is 0 Å². The van der Waals surface area contributed by atoms with Gasteiger partial charge in [0.1, 0.15) is 7.11 Å². The van der Waals surface area contributed by atoms with Crippen LogP contribution < -0.4 is 0 Å². The van der Waals surface area contributed by atoms with E-state index in [-0.39, 0.29) is 6.61 Å². The molecule has 2 aliphatic rings. The summed E-state index contributed by atoms with van der Waals surface area (Å²) in [5, 5.41) is 12.7. The van der Waals surface area contributed by atoms with Crippen LogP contribution in [-0.2, 0) is 4.84 Å². The van der Waals surface area contributed by atoms with Gasteiger partial charge < -0.3 is 9.94 Å². The van der Waals surface area contributed by atoms with E-state index in [2.05, 4.69) is 14.9 Å². The molecule has 0 aromatic heterocycles. The molecule has 4 heteroatoms. The molecule has 0 aromatic rings. The van der Waals surface area contributed by atoms with Gasteiger partial charge in [-0.25, -0.2) is 0 Å². The van der Waals surface area contributed by atoms with E-state index >= 15 is 0 Å². The summed E-state index contributed by atoms with van der Waals surface area (Å²) in [5.74, 6) is 1.87. The molecule has 2 fully saturated rings. The van der Waals surface area contributed by atoms with Crippen LogP contribution in [0.2, 0.25) is 0 Å². The maximum absolute atomic E-state index is 8.96. The van der Waals surface area contributed by atoms with Crippen molar-refractivity contribution in [3.8, 4) is 0 Å². The molecular weight excluding hydrogens is 168 g/mol. The molecule has 0 radical (unpaired) electrons. The van der Waals surface area contributed by atoms with E-state index in [4.69, 9.17) is 5.11 Å². The monoisotopic (exact) mass is 184 g/mol. The second-order valence-electron chi connectivity index (χ2n) is 3.95. The molecule has 2 unspecified atom stereocenters. The summed E-state index contributed by atoms with van der Waals surface area (Å²) < 4.78 is 0. The second kappa shape index (κ2) is 3.64. The Kier molecular flexibility index (Phi) is 2.51. The van der Waals surface area contributed by atoms with Crippen molar-refractivity contribution in [3.63, 3.8) is 0 Å². The number of hydrogen-bond donors (Lipinski definition) is 1. The van der Waals surface area contributed by atoms with Crippen LogP contribution in [-0.4, -0.2) is 49.1 Å². The van der Waals surface area contributed by atoms with Gasteiger partial charge in [-0.1, -0.05) is 5.16 Å². The number of rotatable bonds is 4. The molecular formula is C9H16N2O2. The van der Waals surface area contributed by atoms with E-state index in [1.807, 2.05) is 0 Å². The Morgan fingerprint density at radius 1 is 1.54 bits per heavy atom. The molecule has 2 rings (SSSR count). The lowest BCUT2D eigenvalue weighted by atomic mass is 10.3. The molecule has 0 bridgehead atoms. The molecule has 2 atom stereocenters. The first-order valence-corrected chi connectivity index (χ1v) is 4.75. The predicted molar refractivity (Wildman–Crippen MR) is 49.6 cm³/mol. The zero-order valence-electron chi connectivity index (χ0n) is 7.94.